The van der Waals surface area contributed by atoms with Gasteiger partial charge in [-0.05, 0) is 45.2 Å². The Kier molecular flexibility index (Phi) is 26.5. The van der Waals surface area contributed by atoms with Crippen LogP contribution < -0.4 is 131 Å². The van der Waals surface area contributed by atoms with Gasteiger partial charge in [-0.1, -0.05) is 12.8 Å². The molecule has 0 aliphatic carbocycles. The molecule has 30 heavy (non-hydrogen) atoms. The second-order valence-electron chi connectivity index (χ2n) is 6.46. The largest absolute Gasteiger partial charge is 1.00 e. The molecule has 0 saturated heterocycles. The van der Waals surface area contributed by atoms with Crippen LogP contribution in [-0.4, -0.2) is 55.1 Å². The van der Waals surface area contributed by atoms with Crippen LogP contribution in [0.15, 0.2) is 0 Å². The molecule has 0 aromatic carbocycles. The van der Waals surface area contributed by atoms with Crippen molar-refractivity contribution in [2.45, 2.75) is 69.5 Å². The zero-order valence-corrected chi connectivity index (χ0v) is 24.4. The van der Waals surface area contributed by atoms with Crippen molar-refractivity contribution in [2.24, 2.45) is 28.7 Å². The molecule has 0 bridgehead atoms. The third-order valence-electron chi connectivity index (χ3n) is 3.92. The molecule has 0 aromatic rings. The van der Waals surface area contributed by atoms with Gasteiger partial charge in [0, 0.05) is 6.42 Å². The van der Waals surface area contributed by atoms with Crippen LogP contribution in [0.4, 0.5) is 0 Å². The zero-order chi connectivity index (χ0) is 21.5. The second kappa shape index (κ2) is 22.2. The maximum atomic E-state index is 11.8. The summed E-state index contributed by atoms with van der Waals surface area (Å²) in [5.74, 6) is -3.61. The van der Waals surface area contributed by atoms with E-state index in [-0.39, 0.29) is 118 Å². The first-order valence-corrected chi connectivity index (χ1v) is 9.39. The molecule has 0 amide bonds. The van der Waals surface area contributed by atoms with E-state index in [0.29, 0.717) is 51.6 Å². The number of hydrogen-bond acceptors (Lipinski definition) is 11. The van der Waals surface area contributed by atoms with Crippen LogP contribution in [-0.2, 0) is 28.7 Å². The molecule has 3 atom stereocenters. The summed E-state index contributed by atoms with van der Waals surface area (Å²) in [6.45, 7) is 0.957. The average Bonchev–Trinajstić information content (AvgIpc) is 2.65. The van der Waals surface area contributed by atoms with E-state index in [1.165, 1.54) is 0 Å². The predicted molar refractivity (Wildman–Crippen MR) is 103 cm³/mol. The van der Waals surface area contributed by atoms with E-state index in [4.69, 9.17) is 28.7 Å². The Morgan fingerprint density at radius 1 is 0.633 bits per heavy atom. The smallest absolute Gasteiger partial charge is 1.00 e. The fourth-order valence-electron chi connectivity index (χ4n) is 2.13. The zero-order valence-electron chi connectivity index (χ0n) is 20.1. The number of unbranched alkanes of at least 4 members (excludes halogenated alkanes) is 2. The number of nitrogens with two attached hydrogens (primary N) is 5. The Bertz CT molecular complexity index is 538. The van der Waals surface area contributed by atoms with E-state index in [9.17, 15) is 19.2 Å². The van der Waals surface area contributed by atoms with E-state index in [0.717, 1.165) is 0 Å². The predicted octanol–water partition coefficient (Wildman–Crippen LogP) is -7.62. The quantitative estimate of drug-likeness (QED) is 0.0676. The van der Waals surface area contributed by atoms with Crippen molar-refractivity contribution in [1.82, 2.24) is 0 Å². The maximum Gasteiger partial charge on any atom is 1.00 e. The standard InChI is InChI=1S/C17H33N5O6.2K.2H/c18-9-3-1-5-11(20)15(24)27-14(23)8-7-13(22)17(26)28-16(25)12(21)6-2-4-10-19;;;;/h11-13H,1-10,18-22H2;;;;/q;2*+1;2*-1/t11-,12-,13-;;;;/m0..../s1. The molecule has 0 heterocycles. The number of carbonyl (C=O) groups is 4. The summed E-state index contributed by atoms with van der Waals surface area (Å²) < 4.78 is 9.21. The molecule has 0 rings (SSSR count). The molecule has 13 heteroatoms. The number of hydrogen-bond donors (Lipinski definition) is 5. The summed E-state index contributed by atoms with van der Waals surface area (Å²) in [4.78, 5) is 46.8. The molecule has 0 radical (unpaired) electrons. The Hall–Kier alpha value is 1.35. The van der Waals surface area contributed by atoms with Crippen LogP contribution >= 0.6 is 0 Å². The second-order valence-corrected chi connectivity index (χ2v) is 6.46. The third-order valence-corrected chi connectivity index (χ3v) is 3.92. The van der Waals surface area contributed by atoms with Gasteiger partial charge in [-0.3, -0.25) is 4.79 Å². The summed E-state index contributed by atoms with van der Waals surface area (Å²) in [5.41, 5.74) is 27.5. The van der Waals surface area contributed by atoms with Crippen molar-refractivity contribution in [2.75, 3.05) is 13.1 Å². The van der Waals surface area contributed by atoms with Crippen LogP contribution in [0.3, 0.4) is 0 Å². The molecule has 11 nitrogen and oxygen atoms in total. The summed E-state index contributed by atoms with van der Waals surface area (Å²) in [6.07, 6.45) is 2.88. The Labute approximate surface area is 265 Å². The van der Waals surface area contributed by atoms with Gasteiger partial charge < -0.3 is 41.0 Å². The topological polar surface area (TPSA) is 217 Å². The molecular weight excluding hydrogens is 448 g/mol. The van der Waals surface area contributed by atoms with Gasteiger partial charge in [-0.2, -0.15) is 0 Å². The fourth-order valence-corrected chi connectivity index (χ4v) is 2.13. The first kappa shape index (κ1) is 35.9. The van der Waals surface area contributed by atoms with E-state index in [1.54, 1.807) is 0 Å². The molecule has 0 saturated carbocycles. The van der Waals surface area contributed by atoms with Gasteiger partial charge >= 0.3 is 127 Å². The van der Waals surface area contributed by atoms with E-state index in [1.807, 2.05) is 0 Å². The minimum atomic E-state index is -1.24. The number of carbonyl (C=O) groups excluding carboxylic acids is 4. The van der Waals surface area contributed by atoms with Crippen molar-refractivity contribution >= 4 is 23.9 Å². The first-order chi connectivity index (χ1) is 13.2. The summed E-state index contributed by atoms with van der Waals surface area (Å²) >= 11 is 0. The molecule has 0 unspecified atom stereocenters. The number of rotatable bonds is 14. The molecule has 0 aliphatic rings. The minimum Gasteiger partial charge on any atom is -1.00 e. The van der Waals surface area contributed by atoms with Crippen LogP contribution in [0.2, 0.25) is 0 Å². The van der Waals surface area contributed by atoms with Gasteiger partial charge in [-0.15, -0.1) is 0 Å². The summed E-state index contributed by atoms with van der Waals surface area (Å²) in [5, 5.41) is 0. The van der Waals surface area contributed by atoms with Gasteiger partial charge in [0.15, 0.2) is 0 Å². The van der Waals surface area contributed by atoms with Crippen LogP contribution in [0.1, 0.15) is 54.2 Å². The molecular formula is C17H35K2N5O6. The fraction of sp³-hybridized carbons (Fsp3) is 0.765. The van der Waals surface area contributed by atoms with Gasteiger partial charge in [0.25, 0.3) is 0 Å². The molecule has 0 aromatic heterocycles. The van der Waals surface area contributed by atoms with Gasteiger partial charge in [0.2, 0.25) is 0 Å². The van der Waals surface area contributed by atoms with E-state index < -0.39 is 42.0 Å². The SMILES string of the molecule is NCCCC[C@H](N)C(=O)OC(=O)CC[C@H](N)C(=O)OC(=O)[C@@H](N)CCCCN.[H-].[H-].[K+].[K+]. The van der Waals surface area contributed by atoms with Gasteiger partial charge in [0.05, 0.1) is 0 Å². The molecule has 0 fully saturated rings. The van der Waals surface area contributed by atoms with Crippen molar-refractivity contribution in [3.8, 4) is 0 Å². The Morgan fingerprint density at radius 2 is 1.00 bits per heavy atom. The van der Waals surface area contributed by atoms with Crippen LogP contribution in [0.25, 0.3) is 0 Å². The Balaban J connectivity index is -0.000000607. The number of ether oxygens (including phenoxy) is 2. The van der Waals surface area contributed by atoms with Crippen molar-refractivity contribution < 1.29 is 134 Å². The molecule has 166 valence electrons. The van der Waals surface area contributed by atoms with E-state index >= 15 is 0 Å². The maximum absolute atomic E-state index is 11.8. The third kappa shape index (κ3) is 17.9. The summed E-state index contributed by atoms with van der Waals surface area (Å²) in [7, 11) is 0. The molecule has 0 spiro atoms. The van der Waals surface area contributed by atoms with Crippen LogP contribution in [0.5, 0.6) is 0 Å². The molecule has 0 aliphatic heterocycles. The van der Waals surface area contributed by atoms with Crippen molar-refractivity contribution in [1.29, 1.82) is 0 Å². The first-order valence-electron chi connectivity index (χ1n) is 9.39. The molecule has 10 N–H and O–H groups in total. The normalized spacial score (nSPS) is 13.1. The minimum absolute atomic E-state index is 0. The number of esters is 4. The van der Waals surface area contributed by atoms with Crippen molar-refractivity contribution in [3.63, 3.8) is 0 Å². The van der Waals surface area contributed by atoms with Gasteiger partial charge in [0.1, 0.15) is 18.1 Å². The van der Waals surface area contributed by atoms with Gasteiger partial charge in [-0.25, -0.2) is 14.4 Å². The summed E-state index contributed by atoms with van der Waals surface area (Å²) in [6, 6.07) is -3.11. The van der Waals surface area contributed by atoms with E-state index in [2.05, 4.69) is 9.47 Å². The Morgan fingerprint density at radius 3 is 1.40 bits per heavy atom. The van der Waals surface area contributed by atoms with Crippen LogP contribution in [0, 0.1) is 0 Å². The monoisotopic (exact) mass is 483 g/mol. The van der Waals surface area contributed by atoms with Crippen molar-refractivity contribution in [3.05, 3.63) is 0 Å². The average molecular weight is 484 g/mol.